The van der Waals surface area contributed by atoms with Crippen LogP contribution in [-0.4, -0.2) is 51.0 Å². The maximum absolute atomic E-state index is 13.3. The Hall–Kier alpha value is -2.53. The van der Waals surface area contributed by atoms with Crippen LogP contribution in [0, 0.1) is 19.8 Å². The lowest BCUT2D eigenvalue weighted by Gasteiger charge is -2.24. The van der Waals surface area contributed by atoms with E-state index < -0.39 is 11.2 Å². The van der Waals surface area contributed by atoms with E-state index in [1.807, 2.05) is 20.8 Å². The van der Waals surface area contributed by atoms with Crippen molar-refractivity contribution in [2.45, 2.75) is 65.7 Å². The van der Waals surface area contributed by atoms with Crippen LogP contribution in [0.5, 0.6) is 0 Å². The summed E-state index contributed by atoms with van der Waals surface area (Å²) in [5.41, 5.74) is 6.93. The third kappa shape index (κ3) is 6.50. The summed E-state index contributed by atoms with van der Waals surface area (Å²) in [5.74, 6) is 0.155. The number of aryl methyl sites for hydroxylation is 1. The summed E-state index contributed by atoms with van der Waals surface area (Å²) in [6, 6.07) is 0. The number of amides is 1. The van der Waals surface area contributed by atoms with Crippen LogP contribution in [0.25, 0.3) is 0 Å². The third-order valence-corrected chi connectivity index (χ3v) is 6.30. The van der Waals surface area contributed by atoms with E-state index >= 15 is 0 Å². The highest BCUT2D eigenvalue weighted by atomic mass is 32.2. The Morgan fingerprint density at radius 3 is 2.58 bits per heavy atom. The molecular weight excluding hydrogens is 444 g/mol. The van der Waals surface area contributed by atoms with Gasteiger partial charge < -0.3 is 19.9 Å². The van der Waals surface area contributed by atoms with Crippen molar-refractivity contribution < 1.29 is 9.53 Å². The van der Waals surface area contributed by atoms with Crippen LogP contribution in [0.1, 0.15) is 45.0 Å². The topological polar surface area (TPSA) is 128 Å². The lowest BCUT2D eigenvalue weighted by molar-refractivity contribution is -0.116. The zero-order chi connectivity index (χ0) is 24.7. The highest BCUT2D eigenvalue weighted by Crippen LogP contribution is 2.24. The summed E-state index contributed by atoms with van der Waals surface area (Å²) < 4.78 is 8.57. The van der Waals surface area contributed by atoms with Crippen molar-refractivity contribution >= 4 is 29.2 Å². The molecule has 184 valence electrons. The van der Waals surface area contributed by atoms with E-state index in [4.69, 9.17) is 10.5 Å². The number of methoxy groups -OCH3 is 1. The first kappa shape index (κ1) is 26.7. The number of rotatable bonds is 12. The number of aromatic nitrogens is 4. The number of nitrogens with two attached hydrogens (primary N) is 1. The van der Waals surface area contributed by atoms with Crippen molar-refractivity contribution in [1.29, 1.82) is 0 Å². The van der Waals surface area contributed by atoms with Crippen LogP contribution in [-0.2, 0) is 22.6 Å². The first-order chi connectivity index (χ1) is 15.6. The highest BCUT2D eigenvalue weighted by Gasteiger charge is 2.25. The molecule has 1 amide bonds. The average Bonchev–Trinajstić information content (AvgIpc) is 3.01. The number of nitrogen functional groups attached to an aromatic ring is 1. The third-order valence-electron chi connectivity index (χ3n) is 5.33. The normalized spacial score (nSPS) is 11.4. The van der Waals surface area contributed by atoms with Gasteiger partial charge in [-0.2, -0.15) is 0 Å². The summed E-state index contributed by atoms with van der Waals surface area (Å²) in [4.78, 5) is 46.5. The van der Waals surface area contributed by atoms with Gasteiger partial charge in [-0.15, -0.1) is 0 Å². The number of aromatic amines is 1. The van der Waals surface area contributed by atoms with Crippen LogP contribution >= 0.6 is 11.8 Å². The monoisotopic (exact) mass is 480 g/mol. The SMILES string of the molecule is CCCCn1c(N)c(N(CCOC)C(=O)CSc2nc(C)c(C)n2CC(C)C)c(=O)[nH]c1=O. The molecule has 33 heavy (non-hydrogen) atoms. The zero-order valence-corrected chi connectivity index (χ0v) is 21.3. The van der Waals surface area contributed by atoms with Gasteiger partial charge in [0.15, 0.2) is 10.8 Å². The van der Waals surface area contributed by atoms with Crippen LogP contribution in [0.2, 0.25) is 0 Å². The van der Waals surface area contributed by atoms with Gasteiger partial charge in [-0.3, -0.25) is 19.1 Å². The number of hydrogen-bond donors (Lipinski definition) is 2. The minimum Gasteiger partial charge on any atom is -0.383 e. The van der Waals surface area contributed by atoms with Crippen molar-refractivity contribution in [3.63, 3.8) is 0 Å². The van der Waals surface area contributed by atoms with Gasteiger partial charge in [0.05, 0.1) is 18.1 Å². The van der Waals surface area contributed by atoms with E-state index in [1.165, 1.54) is 28.3 Å². The van der Waals surface area contributed by atoms with E-state index in [0.29, 0.717) is 18.9 Å². The van der Waals surface area contributed by atoms with Crippen molar-refractivity contribution in [3.8, 4) is 0 Å². The molecule has 0 radical (unpaired) electrons. The summed E-state index contributed by atoms with van der Waals surface area (Å²) in [7, 11) is 1.52. The van der Waals surface area contributed by atoms with Crippen LogP contribution < -0.4 is 21.9 Å². The predicted molar refractivity (Wildman–Crippen MR) is 132 cm³/mol. The summed E-state index contributed by atoms with van der Waals surface area (Å²) >= 11 is 1.32. The van der Waals surface area contributed by atoms with Gasteiger partial charge in [0.2, 0.25) is 5.91 Å². The molecule has 0 aliphatic carbocycles. The van der Waals surface area contributed by atoms with E-state index in [0.717, 1.165) is 29.5 Å². The number of imidazole rings is 1. The molecule has 0 bridgehead atoms. The van der Waals surface area contributed by atoms with Crippen molar-refractivity contribution in [1.82, 2.24) is 19.1 Å². The standard InChI is InChI=1S/C22H36N6O4S/c1-7-8-9-27-19(23)18(20(30)25-21(27)31)26(10-11-32-6)17(29)13-33-22-24-15(4)16(5)28(22)12-14(2)3/h14H,7-13,23H2,1-6H3,(H,25,30,31). The summed E-state index contributed by atoms with van der Waals surface area (Å²) in [5, 5.41) is 0.758. The quantitative estimate of drug-likeness (QED) is 0.446. The second kappa shape index (κ2) is 12.1. The number of ether oxygens (including phenoxy) is 1. The van der Waals surface area contributed by atoms with E-state index in [2.05, 4.69) is 28.4 Å². The molecule has 11 heteroatoms. The van der Waals surface area contributed by atoms with Crippen LogP contribution in [0.15, 0.2) is 14.7 Å². The Balaban J connectivity index is 2.37. The molecule has 0 fully saturated rings. The van der Waals surface area contributed by atoms with E-state index in [9.17, 15) is 14.4 Å². The molecule has 0 aliphatic rings. The van der Waals surface area contributed by atoms with Crippen molar-refractivity contribution in [3.05, 3.63) is 32.2 Å². The molecule has 0 unspecified atom stereocenters. The molecule has 10 nitrogen and oxygen atoms in total. The minimum absolute atomic E-state index is 0.0142. The summed E-state index contributed by atoms with van der Waals surface area (Å²) in [6.45, 7) is 11.7. The molecule has 2 rings (SSSR count). The average molecular weight is 481 g/mol. The van der Waals surface area contributed by atoms with Crippen LogP contribution in [0.3, 0.4) is 0 Å². The Kier molecular flexibility index (Phi) is 9.78. The molecule has 0 atom stereocenters. The number of unbranched alkanes of at least 4 members (excludes halogenated alkanes) is 1. The minimum atomic E-state index is -0.687. The molecule has 2 aromatic rings. The highest BCUT2D eigenvalue weighted by molar-refractivity contribution is 7.99. The molecule has 0 saturated heterocycles. The fraction of sp³-hybridized carbons (Fsp3) is 0.636. The molecular formula is C22H36N6O4S. The van der Waals surface area contributed by atoms with Crippen molar-refractivity contribution in [2.75, 3.05) is 36.6 Å². The molecule has 3 N–H and O–H groups in total. The van der Waals surface area contributed by atoms with Gasteiger partial charge in [0, 0.05) is 32.4 Å². The lowest BCUT2D eigenvalue weighted by Crippen LogP contribution is -2.43. The van der Waals surface area contributed by atoms with Gasteiger partial charge in [0.1, 0.15) is 5.82 Å². The predicted octanol–water partition coefficient (Wildman–Crippen LogP) is 2.16. The van der Waals surface area contributed by atoms with Gasteiger partial charge in [-0.1, -0.05) is 39.0 Å². The number of carbonyl (C=O) groups is 1. The second-order valence-corrected chi connectivity index (χ2v) is 9.34. The maximum atomic E-state index is 13.3. The number of nitrogens with zero attached hydrogens (tertiary/aromatic N) is 4. The second-order valence-electron chi connectivity index (χ2n) is 8.39. The molecule has 0 spiro atoms. The van der Waals surface area contributed by atoms with Gasteiger partial charge in [0.25, 0.3) is 5.56 Å². The molecule has 0 saturated carbocycles. The number of thioether (sulfide) groups is 1. The molecule has 2 aromatic heterocycles. The van der Waals surface area contributed by atoms with Gasteiger partial charge >= 0.3 is 5.69 Å². The Morgan fingerprint density at radius 1 is 1.27 bits per heavy atom. The van der Waals surface area contributed by atoms with Crippen LogP contribution in [0.4, 0.5) is 11.5 Å². The zero-order valence-electron chi connectivity index (χ0n) is 20.4. The number of nitrogens with one attached hydrogen (secondary N) is 1. The van der Waals surface area contributed by atoms with Crippen molar-refractivity contribution in [2.24, 2.45) is 5.92 Å². The van der Waals surface area contributed by atoms with Gasteiger partial charge in [-0.05, 0) is 26.2 Å². The Labute approximate surface area is 198 Å². The number of H-pyrrole nitrogens is 1. The molecule has 2 heterocycles. The largest absolute Gasteiger partial charge is 0.383 e. The van der Waals surface area contributed by atoms with Gasteiger partial charge in [-0.25, -0.2) is 9.78 Å². The molecule has 0 aromatic carbocycles. The first-order valence-corrected chi connectivity index (χ1v) is 12.2. The Bertz CT molecular complexity index is 1070. The van der Waals surface area contributed by atoms with E-state index in [-0.39, 0.29) is 36.3 Å². The Morgan fingerprint density at radius 2 is 1.97 bits per heavy atom. The lowest BCUT2D eigenvalue weighted by atomic mass is 10.2. The van der Waals surface area contributed by atoms with E-state index in [1.54, 1.807) is 0 Å². The smallest absolute Gasteiger partial charge is 0.330 e. The fourth-order valence-corrected chi connectivity index (χ4v) is 4.42. The summed E-state index contributed by atoms with van der Waals surface area (Å²) in [6.07, 6.45) is 1.57. The fourth-order valence-electron chi connectivity index (χ4n) is 3.44. The number of carbonyl (C=O) groups excluding carboxylic acids is 1. The maximum Gasteiger partial charge on any atom is 0.330 e. The number of anilines is 2. The molecule has 0 aliphatic heterocycles. The first-order valence-electron chi connectivity index (χ1n) is 11.2. The number of hydrogen-bond acceptors (Lipinski definition) is 7.